The van der Waals surface area contributed by atoms with E-state index in [0.29, 0.717) is 25.0 Å². The van der Waals surface area contributed by atoms with Crippen molar-refractivity contribution in [3.63, 3.8) is 0 Å². The van der Waals surface area contributed by atoms with E-state index in [4.69, 9.17) is 28.1 Å². The molecule has 0 saturated carbocycles. The van der Waals surface area contributed by atoms with Gasteiger partial charge in [-0.2, -0.15) is 0 Å². The normalized spacial score (nSPS) is 22.2. The van der Waals surface area contributed by atoms with Gasteiger partial charge in [0.1, 0.15) is 6.61 Å². The molecule has 2 bridgehead atoms. The predicted octanol–water partition coefficient (Wildman–Crippen LogP) is 1.15. The van der Waals surface area contributed by atoms with E-state index in [1.165, 1.54) is 0 Å². The number of thiocarbonyl (C=S) groups is 1. The minimum atomic E-state index is -0.328. The summed E-state index contributed by atoms with van der Waals surface area (Å²) in [6.07, 6.45) is 5.94. The van der Waals surface area contributed by atoms with Gasteiger partial charge in [-0.25, -0.2) is 0 Å². The summed E-state index contributed by atoms with van der Waals surface area (Å²) in [4.78, 5) is 14.3. The second-order valence-electron chi connectivity index (χ2n) is 6.79. The number of likely N-dealkylation sites (tertiary alicyclic amines) is 1. The smallest absolute Gasteiger partial charge is 0.250 e. The van der Waals surface area contributed by atoms with E-state index in [0.717, 1.165) is 36.9 Å². The van der Waals surface area contributed by atoms with Crippen LogP contribution in [0.2, 0.25) is 0 Å². The molecular weight excluding hydrogens is 350 g/mol. The maximum absolute atomic E-state index is 12.1. The lowest BCUT2D eigenvalue weighted by Crippen LogP contribution is -2.52. The molecule has 140 valence electrons. The first-order chi connectivity index (χ1) is 12.6. The summed E-state index contributed by atoms with van der Waals surface area (Å²) in [5.41, 5.74) is 1.23. The Bertz CT molecular complexity index is 742. The summed E-state index contributed by atoms with van der Waals surface area (Å²) in [5, 5.41) is 4.00. The first kappa shape index (κ1) is 18.9. The fraction of sp³-hybridized carbons (Fsp3) is 0.579. The van der Waals surface area contributed by atoms with Crippen molar-refractivity contribution in [3.05, 3.63) is 34.2 Å². The van der Waals surface area contributed by atoms with Crippen LogP contribution in [0, 0.1) is 18.3 Å². The lowest BCUT2D eigenvalue weighted by Gasteiger charge is -2.43. The third kappa shape index (κ3) is 4.44. The second kappa shape index (κ2) is 8.67. The molecule has 3 atom stereocenters. The van der Waals surface area contributed by atoms with Crippen molar-refractivity contribution in [1.29, 1.82) is 0 Å². The van der Waals surface area contributed by atoms with Gasteiger partial charge in [0.2, 0.25) is 0 Å². The highest BCUT2D eigenvalue weighted by Gasteiger charge is 2.35. The third-order valence-electron chi connectivity index (χ3n) is 4.90. The number of aromatic nitrogens is 1. The number of hydrogen-bond donors (Lipinski definition) is 1. The Morgan fingerprint density at radius 2 is 2.27 bits per heavy atom. The van der Waals surface area contributed by atoms with E-state index < -0.39 is 0 Å². The van der Waals surface area contributed by atoms with Crippen LogP contribution in [0.1, 0.15) is 25.0 Å². The molecule has 3 rings (SSSR count). The SMILES string of the molecule is C#CCO[C@H](C)OCCNC(=S)N1C[C@@H]2C[C@@H](C1)c1cccc(=O)n1C2. The lowest BCUT2D eigenvalue weighted by molar-refractivity contribution is -0.119. The fourth-order valence-corrected chi connectivity index (χ4v) is 4.02. The summed E-state index contributed by atoms with van der Waals surface area (Å²) in [7, 11) is 0. The molecule has 1 fully saturated rings. The Morgan fingerprint density at radius 3 is 3.08 bits per heavy atom. The zero-order valence-electron chi connectivity index (χ0n) is 15.0. The van der Waals surface area contributed by atoms with Crippen molar-refractivity contribution in [2.45, 2.75) is 32.1 Å². The Morgan fingerprint density at radius 1 is 1.42 bits per heavy atom. The van der Waals surface area contributed by atoms with E-state index in [1.54, 1.807) is 6.07 Å². The summed E-state index contributed by atoms with van der Waals surface area (Å²) in [6, 6.07) is 5.56. The van der Waals surface area contributed by atoms with E-state index in [2.05, 4.69) is 22.2 Å². The second-order valence-corrected chi connectivity index (χ2v) is 7.18. The highest BCUT2D eigenvalue weighted by molar-refractivity contribution is 7.80. The average molecular weight is 375 g/mol. The van der Waals surface area contributed by atoms with Crippen molar-refractivity contribution in [2.24, 2.45) is 5.92 Å². The maximum Gasteiger partial charge on any atom is 0.250 e. The number of rotatable bonds is 6. The number of ether oxygens (including phenoxy) is 2. The molecule has 3 heterocycles. The van der Waals surface area contributed by atoms with E-state index in [-0.39, 0.29) is 18.5 Å². The Hall–Kier alpha value is -1.88. The molecule has 26 heavy (non-hydrogen) atoms. The van der Waals surface area contributed by atoms with Crippen molar-refractivity contribution >= 4 is 17.3 Å². The predicted molar refractivity (Wildman–Crippen MR) is 104 cm³/mol. The standard InChI is InChI=1S/C19H25N3O3S/c1-3-8-24-14(2)25-9-7-20-19(26)21-11-15-10-16(13-21)17-5-4-6-18(23)22(17)12-15/h1,4-6,14-16H,7-13H2,2H3,(H,20,26)/t14-,15-,16-/m0/s1. The first-order valence-electron chi connectivity index (χ1n) is 8.97. The Kier molecular flexibility index (Phi) is 6.30. The number of nitrogens with zero attached hydrogens (tertiary/aromatic N) is 2. The zero-order valence-corrected chi connectivity index (χ0v) is 15.8. The van der Waals surface area contributed by atoms with Gasteiger partial charge in [-0.05, 0) is 37.5 Å². The van der Waals surface area contributed by atoms with E-state index in [1.807, 2.05) is 17.6 Å². The zero-order chi connectivity index (χ0) is 18.5. The van der Waals surface area contributed by atoms with Crippen LogP contribution in [-0.4, -0.2) is 53.7 Å². The van der Waals surface area contributed by atoms with Gasteiger partial charge in [0.05, 0.1) is 6.61 Å². The number of nitrogens with one attached hydrogen (secondary N) is 1. The monoisotopic (exact) mass is 375 g/mol. The molecule has 1 aromatic heterocycles. The minimum absolute atomic E-state index is 0.102. The van der Waals surface area contributed by atoms with Crippen LogP contribution in [0.4, 0.5) is 0 Å². The largest absolute Gasteiger partial charge is 0.360 e. The number of fused-ring (bicyclic) bond motifs is 4. The lowest BCUT2D eigenvalue weighted by atomic mass is 9.83. The van der Waals surface area contributed by atoms with Gasteiger partial charge in [0.25, 0.3) is 5.56 Å². The fourth-order valence-electron chi connectivity index (χ4n) is 3.77. The Balaban J connectivity index is 1.49. The number of pyridine rings is 1. The summed E-state index contributed by atoms with van der Waals surface area (Å²) < 4.78 is 12.7. The van der Waals surface area contributed by atoms with Crippen LogP contribution in [0.15, 0.2) is 23.0 Å². The van der Waals surface area contributed by atoms with Gasteiger partial charge >= 0.3 is 0 Å². The summed E-state index contributed by atoms with van der Waals surface area (Å²) >= 11 is 5.56. The maximum atomic E-state index is 12.1. The molecule has 2 aliphatic rings. The van der Waals surface area contributed by atoms with Gasteiger partial charge in [-0.1, -0.05) is 12.0 Å². The topological polar surface area (TPSA) is 55.7 Å². The third-order valence-corrected chi connectivity index (χ3v) is 5.30. The highest BCUT2D eigenvalue weighted by Crippen LogP contribution is 2.34. The molecule has 0 aromatic carbocycles. The summed E-state index contributed by atoms with van der Waals surface area (Å²) in [6.45, 7) is 5.67. The average Bonchev–Trinajstić information content (AvgIpc) is 2.64. The van der Waals surface area contributed by atoms with Crippen molar-refractivity contribution in [3.8, 4) is 12.3 Å². The van der Waals surface area contributed by atoms with Crippen LogP contribution in [-0.2, 0) is 16.0 Å². The number of hydrogen-bond acceptors (Lipinski definition) is 4. The number of terminal acetylenes is 1. The van der Waals surface area contributed by atoms with Gasteiger partial charge in [-0.3, -0.25) is 4.79 Å². The van der Waals surface area contributed by atoms with Gasteiger partial charge in [-0.15, -0.1) is 6.42 Å². The van der Waals surface area contributed by atoms with Crippen LogP contribution in [0.5, 0.6) is 0 Å². The van der Waals surface area contributed by atoms with Crippen LogP contribution in [0.25, 0.3) is 0 Å². The quantitative estimate of drug-likeness (QED) is 0.348. The Labute approximate surface area is 159 Å². The molecule has 0 radical (unpaired) electrons. The molecule has 1 aromatic rings. The molecule has 1 saturated heterocycles. The van der Waals surface area contributed by atoms with Gasteiger partial charge in [0.15, 0.2) is 11.4 Å². The molecule has 6 nitrogen and oxygen atoms in total. The molecular formula is C19H25N3O3S. The van der Waals surface area contributed by atoms with Crippen LogP contribution < -0.4 is 10.9 Å². The van der Waals surface area contributed by atoms with Crippen molar-refractivity contribution in [1.82, 2.24) is 14.8 Å². The molecule has 0 unspecified atom stereocenters. The van der Waals surface area contributed by atoms with Crippen LogP contribution in [0.3, 0.4) is 0 Å². The highest BCUT2D eigenvalue weighted by atomic mass is 32.1. The van der Waals surface area contributed by atoms with E-state index in [9.17, 15) is 4.79 Å². The van der Waals surface area contributed by atoms with Crippen molar-refractivity contribution in [2.75, 3.05) is 32.8 Å². The summed E-state index contributed by atoms with van der Waals surface area (Å²) in [5.74, 6) is 3.22. The van der Waals surface area contributed by atoms with Gasteiger partial charge in [0, 0.05) is 43.9 Å². The van der Waals surface area contributed by atoms with Crippen molar-refractivity contribution < 1.29 is 9.47 Å². The molecule has 0 amide bonds. The van der Waals surface area contributed by atoms with Crippen LogP contribution >= 0.6 is 12.2 Å². The number of piperidine rings is 1. The first-order valence-corrected chi connectivity index (χ1v) is 9.38. The molecule has 0 spiro atoms. The molecule has 2 aliphatic heterocycles. The van der Waals surface area contributed by atoms with E-state index >= 15 is 0 Å². The van der Waals surface area contributed by atoms with Gasteiger partial charge < -0.3 is 24.3 Å². The molecule has 1 N–H and O–H groups in total. The minimum Gasteiger partial charge on any atom is -0.360 e. The molecule has 0 aliphatic carbocycles. The molecule has 7 heteroatoms.